The van der Waals surface area contributed by atoms with E-state index in [1.807, 2.05) is 19.1 Å². The van der Waals surface area contributed by atoms with E-state index in [-0.39, 0.29) is 12.2 Å². The molecule has 62 valence electrons. The summed E-state index contributed by atoms with van der Waals surface area (Å²) in [7, 11) is 0. The molecule has 0 amide bonds. The molecule has 0 unspecified atom stereocenters. The first-order chi connectivity index (χ1) is 5.31. The molecular formula is C9H14O2. The van der Waals surface area contributed by atoms with Gasteiger partial charge in [0.05, 0.1) is 6.42 Å². The molecule has 0 N–H and O–H groups in total. The van der Waals surface area contributed by atoms with Crippen molar-refractivity contribution < 1.29 is 9.59 Å². The molecule has 0 saturated carbocycles. The number of rotatable bonds is 6. The second-order valence-corrected chi connectivity index (χ2v) is 2.33. The van der Waals surface area contributed by atoms with Crippen molar-refractivity contribution in [3.63, 3.8) is 0 Å². The molecule has 0 aliphatic carbocycles. The molecule has 0 aromatic carbocycles. The Morgan fingerprint density at radius 1 is 1.36 bits per heavy atom. The molecule has 0 radical (unpaired) electrons. The van der Waals surface area contributed by atoms with Crippen LogP contribution in [-0.2, 0) is 9.59 Å². The molecule has 0 atom stereocenters. The minimum Gasteiger partial charge on any atom is -0.303 e. The number of carbonyl (C=O) groups is 2. The van der Waals surface area contributed by atoms with Crippen LogP contribution >= 0.6 is 0 Å². The summed E-state index contributed by atoms with van der Waals surface area (Å²) in [5.41, 5.74) is 0. The van der Waals surface area contributed by atoms with Crippen LogP contribution in [0.15, 0.2) is 12.2 Å². The maximum absolute atomic E-state index is 10.7. The Morgan fingerprint density at radius 2 is 2.09 bits per heavy atom. The molecule has 0 bridgehead atoms. The van der Waals surface area contributed by atoms with Crippen molar-refractivity contribution in [2.75, 3.05) is 0 Å². The number of hydrogen-bond acceptors (Lipinski definition) is 2. The number of ketones is 1. The summed E-state index contributed by atoms with van der Waals surface area (Å²) in [5, 5.41) is 0. The third kappa shape index (κ3) is 6.97. The van der Waals surface area contributed by atoms with E-state index in [2.05, 4.69) is 0 Å². The normalized spacial score (nSPS) is 10.3. The van der Waals surface area contributed by atoms with Crippen molar-refractivity contribution in [3.8, 4) is 0 Å². The summed E-state index contributed by atoms with van der Waals surface area (Å²) in [5.74, 6) is 0.0285. The number of hydrogen-bond donors (Lipinski definition) is 0. The fraction of sp³-hybridized carbons (Fsp3) is 0.556. The van der Waals surface area contributed by atoms with Crippen LogP contribution in [0.3, 0.4) is 0 Å². The van der Waals surface area contributed by atoms with E-state index < -0.39 is 0 Å². The Labute approximate surface area is 67.3 Å². The van der Waals surface area contributed by atoms with Gasteiger partial charge in [-0.05, 0) is 12.8 Å². The summed E-state index contributed by atoms with van der Waals surface area (Å²) >= 11 is 0. The molecule has 0 saturated heterocycles. The van der Waals surface area contributed by atoms with Gasteiger partial charge in [0.2, 0.25) is 0 Å². The average Bonchev–Trinajstić information content (AvgIpc) is 1.99. The van der Waals surface area contributed by atoms with Gasteiger partial charge in [-0.25, -0.2) is 0 Å². The van der Waals surface area contributed by atoms with Crippen LogP contribution in [0.2, 0.25) is 0 Å². The zero-order valence-electron chi connectivity index (χ0n) is 6.88. The van der Waals surface area contributed by atoms with Crippen LogP contribution in [0, 0.1) is 0 Å². The molecule has 2 heteroatoms. The van der Waals surface area contributed by atoms with E-state index >= 15 is 0 Å². The fourth-order valence-corrected chi connectivity index (χ4v) is 0.724. The largest absolute Gasteiger partial charge is 0.303 e. The van der Waals surface area contributed by atoms with Crippen LogP contribution in [0.4, 0.5) is 0 Å². The van der Waals surface area contributed by atoms with Crippen molar-refractivity contribution >= 4 is 12.1 Å². The molecule has 11 heavy (non-hydrogen) atoms. The van der Waals surface area contributed by atoms with Crippen LogP contribution in [0.5, 0.6) is 0 Å². The van der Waals surface area contributed by atoms with Crippen LogP contribution in [-0.4, -0.2) is 12.1 Å². The topological polar surface area (TPSA) is 34.1 Å². The molecule has 0 heterocycles. The number of allylic oxidation sites excluding steroid dienone is 2. The summed E-state index contributed by atoms with van der Waals surface area (Å²) in [6.07, 6.45) is 6.99. The maximum atomic E-state index is 10.7. The van der Waals surface area contributed by atoms with Crippen LogP contribution in [0.25, 0.3) is 0 Å². The van der Waals surface area contributed by atoms with Gasteiger partial charge in [-0.1, -0.05) is 19.1 Å². The van der Waals surface area contributed by atoms with Crippen molar-refractivity contribution in [3.05, 3.63) is 12.2 Å². The van der Waals surface area contributed by atoms with Gasteiger partial charge in [0, 0.05) is 6.42 Å². The molecular weight excluding hydrogens is 140 g/mol. The third-order valence-electron chi connectivity index (χ3n) is 1.30. The Morgan fingerprint density at radius 3 is 2.64 bits per heavy atom. The first-order valence-electron chi connectivity index (χ1n) is 3.91. The van der Waals surface area contributed by atoms with Gasteiger partial charge in [-0.2, -0.15) is 0 Å². The lowest BCUT2D eigenvalue weighted by Gasteiger charge is -1.89. The fourth-order valence-electron chi connectivity index (χ4n) is 0.724. The maximum Gasteiger partial charge on any atom is 0.140 e. The SMILES string of the molecule is CC/C=C\CCC(=O)CC=O. The Kier molecular flexibility index (Phi) is 6.59. The number of carbonyl (C=O) groups excluding carboxylic acids is 2. The van der Waals surface area contributed by atoms with Gasteiger partial charge in [-0.15, -0.1) is 0 Å². The van der Waals surface area contributed by atoms with E-state index in [0.717, 1.165) is 12.8 Å². The van der Waals surface area contributed by atoms with Gasteiger partial charge in [-0.3, -0.25) is 4.79 Å². The first-order valence-corrected chi connectivity index (χ1v) is 3.91. The van der Waals surface area contributed by atoms with Gasteiger partial charge in [0.15, 0.2) is 0 Å². The summed E-state index contributed by atoms with van der Waals surface area (Å²) in [6, 6.07) is 0. The Hall–Kier alpha value is -0.920. The van der Waals surface area contributed by atoms with Crippen LogP contribution < -0.4 is 0 Å². The standard InChI is InChI=1S/C9H14O2/c1-2-3-4-5-6-9(11)7-8-10/h3-4,8H,2,5-7H2,1H3/b4-3-. The van der Waals surface area contributed by atoms with Crippen molar-refractivity contribution in [1.82, 2.24) is 0 Å². The first kappa shape index (κ1) is 10.1. The quantitative estimate of drug-likeness (QED) is 0.332. The van der Waals surface area contributed by atoms with E-state index in [0.29, 0.717) is 12.7 Å². The highest BCUT2D eigenvalue weighted by atomic mass is 16.1. The van der Waals surface area contributed by atoms with Crippen molar-refractivity contribution in [2.45, 2.75) is 32.6 Å². The Balaban J connectivity index is 3.30. The average molecular weight is 154 g/mol. The van der Waals surface area contributed by atoms with Crippen molar-refractivity contribution in [1.29, 1.82) is 0 Å². The molecule has 0 aliphatic heterocycles. The Bertz CT molecular complexity index is 148. The predicted molar refractivity (Wildman–Crippen MR) is 44.4 cm³/mol. The minimum absolute atomic E-state index is 0.0285. The summed E-state index contributed by atoms with van der Waals surface area (Å²) in [6.45, 7) is 2.05. The van der Waals surface area contributed by atoms with Gasteiger partial charge >= 0.3 is 0 Å². The smallest absolute Gasteiger partial charge is 0.140 e. The van der Waals surface area contributed by atoms with Crippen molar-refractivity contribution in [2.24, 2.45) is 0 Å². The summed E-state index contributed by atoms with van der Waals surface area (Å²) < 4.78 is 0. The second kappa shape index (κ2) is 7.19. The molecule has 0 spiro atoms. The van der Waals surface area contributed by atoms with Gasteiger partial charge < -0.3 is 4.79 Å². The molecule has 2 nitrogen and oxygen atoms in total. The molecule has 0 aromatic rings. The van der Waals surface area contributed by atoms with Gasteiger partial charge in [0.25, 0.3) is 0 Å². The summed E-state index contributed by atoms with van der Waals surface area (Å²) in [4.78, 5) is 20.6. The minimum atomic E-state index is 0.0285. The number of Topliss-reactive ketones (excluding diaryl/α,β-unsaturated/α-hetero) is 1. The molecule has 0 fully saturated rings. The number of aldehydes is 1. The third-order valence-corrected chi connectivity index (χ3v) is 1.30. The van der Waals surface area contributed by atoms with Gasteiger partial charge in [0.1, 0.15) is 12.1 Å². The highest BCUT2D eigenvalue weighted by molar-refractivity contribution is 5.89. The zero-order valence-corrected chi connectivity index (χ0v) is 6.88. The van der Waals surface area contributed by atoms with Crippen LogP contribution in [0.1, 0.15) is 32.6 Å². The molecule has 0 aliphatic rings. The second-order valence-electron chi connectivity index (χ2n) is 2.33. The predicted octanol–water partition coefficient (Wildman–Crippen LogP) is 1.89. The molecule has 0 rings (SSSR count). The van der Waals surface area contributed by atoms with E-state index in [9.17, 15) is 9.59 Å². The zero-order chi connectivity index (χ0) is 8.53. The van der Waals surface area contributed by atoms with E-state index in [1.54, 1.807) is 0 Å². The molecule has 0 aromatic heterocycles. The van der Waals surface area contributed by atoms with E-state index in [4.69, 9.17) is 0 Å². The highest BCUT2D eigenvalue weighted by Crippen LogP contribution is 1.95. The lowest BCUT2D eigenvalue weighted by molar-refractivity contribution is -0.122. The lowest BCUT2D eigenvalue weighted by Crippen LogP contribution is -1.96. The highest BCUT2D eigenvalue weighted by Gasteiger charge is 1.96. The monoisotopic (exact) mass is 154 g/mol. The lowest BCUT2D eigenvalue weighted by atomic mass is 10.2. The van der Waals surface area contributed by atoms with E-state index in [1.165, 1.54) is 0 Å².